The van der Waals surface area contributed by atoms with Crippen LogP contribution in [0.1, 0.15) is 34.1 Å². The Morgan fingerprint density at radius 2 is 1.62 bits per heavy atom. The van der Waals surface area contributed by atoms with Crippen LogP contribution in [0.25, 0.3) is 0 Å². The van der Waals surface area contributed by atoms with E-state index < -0.39 is 35.6 Å². The van der Waals surface area contributed by atoms with Gasteiger partial charge in [0.25, 0.3) is 0 Å². The summed E-state index contributed by atoms with van der Waals surface area (Å²) in [5.74, 6) is 0.201. The van der Waals surface area contributed by atoms with Crippen molar-refractivity contribution in [1.29, 1.82) is 0 Å². The van der Waals surface area contributed by atoms with Gasteiger partial charge in [0.05, 0.1) is 23.1 Å². The average Bonchev–Trinajstić information content (AvgIpc) is 3.26. The van der Waals surface area contributed by atoms with E-state index in [4.69, 9.17) is 9.47 Å². The third-order valence-corrected chi connectivity index (χ3v) is 7.07. The first-order valence-corrected chi connectivity index (χ1v) is 12.8. The Morgan fingerprint density at radius 1 is 0.900 bits per heavy atom. The summed E-state index contributed by atoms with van der Waals surface area (Å²) in [6, 6.07) is 15.8. The molecule has 1 N–H and O–H groups in total. The second kappa shape index (κ2) is 11.7. The molecule has 3 aromatic carbocycles. The predicted molar refractivity (Wildman–Crippen MR) is 139 cm³/mol. The van der Waals surface area contributed by atoms with Gasteiger partial charge in [-0.15, -0.1) is 0 Å². The van der Waals surface area contributed by atoms with Crippen molar-refractivity contribution >= 4 is 22.2 Å². The first-order valence-electron chi connectivity index (χ1n) is 12.0. The first-order chi connectivity index (χ1) is 18.9. The molecule has 1 heterocycles. The molecule has 12 heteroatoms. The molecule has 0 radical (unpaired) electrons. The molecule has 1 aromatic heterocycles. The zero-order valence-corrected chi connectivity index (χ0v) is 22.1. The highest BCUT2D eigenvalue weighted by Crippen LogP contribution is 2.39. The van der Waals surface area contributed by atoms with Crippen molar-refractivity contribution in [1.82, 2.24) is 4.98 Å². The summed E-state index contributed by atoms with van der Waals surface area (Å²) in [6.45, 7) is 1.97. The molecule has 212 valence electrons. The van der Waals surface area contributed by atoms with Crippen LogP contribution in [0, 0.1) is 0 Å². The van der Waals surface area contributed by atoms with E-state index in [0.717, 1.165) is 11.8 Å². The van der Waals surface area contributed by atoms with Crippen LogP contribution in [0.5, 0.6) is 17.4 Å². The maximum absolute atomic E-state index is 13.5. The van der Waals surface area contributed by atoms with Crippen LogP contribution in [0.4, 0.5) is 37.2 Å². The normalized spacial score (nSPS) is 11.9. The van der Waals surface area contributed by atoms with E-state index in [1.807, 2.05) is 42.2 Å². The number of aromatic nitrogens is 1. The molecule has 0 aliphatic rings. The molecule has 0 fully saturated rings. The predicted octanol–water partition coefficient (Wildman–Crippen LogP) is 8.22. The molecule has 0 bridgehead atoms. The number of anilines is 2. The highest BCUT2D eigenvalue weighted by atomic mass is 32.1. The number of benzene rings is 3. The lowest BCUT2D eigenvalue weighted by Gasteiger charge is -2.19. The number of nitrogens with zero attached hydrogens (tertiary/aromatic N) is 2. The van der Waals surface area contributed by atoms with Crippen molar-refractivity contribution in [3.8, 4) is 17.4 Å². The Kier molecular flexibility index (Phi) is 8.48. The van der Waals surface area contributed by atoms with Gasteiger partial charge in [-0.05, 0) is 48.9 Å². The summed E-state index contributed by atoms with van der Waals surface area (Å²) < 4.78 is 90.2. The maximum atomic E-state index is 13.5. The van der Waals surface area contributed by atoms with Gasteiger partial charge < -0.3 is 19.5 Å². The number of hydrogen-bond donors (Lipinski definition) is 1. The molecule has 0 saturated carbocycles. The number of halogens is 6. The van der Waals surface area contributed by atoms with Crippen LogP contribution < -0.4 is 14.4 Å². The fourth-order valence-corrected chi connectivity index (χ4v) is 5.10. The maximum Gasteiger partial charge on any atom is 0.416 e. The van der Waals surface area contributed by atoms with Crippen molar-refractivity contribution in [2.24, 2.45) is 0 Å². The monoisotopic (exact) mass is 582 g/mol. The summed E-state index contributed by atoms with van der Waals surface area (Å²) in [7, 11) is 1.35. The van der Waals surface area contributed by atoms with Gasteiger partial charge in [-0.2, -0.15) is 31.3 Å². The van der Waals surface area contributed by atoms with Gasteiger partial charge >= 0.3 is 12.4 Å². The molecule has 0 saturated heterocycles. The van der Waals surface area contributed by atoms with Crippen molar-refractivity contribution in [2.75, 3.05) is 18.6 Å². The number of aromatic hydroxyl groups is 1. The van der Waals surface area contributed by atoms with Crippen molar-refractivity contribution in [2.45, 2.75) is 32.3 Å². The summed E-state index contributed by atoms with van der Waals surface area (Å²) in [5, 5.41) is 11.1. The zero-order chi connectivity index (χ0) is 29.1. The van der Waals surface area contributed by atoms with Crippen LogP contribution in [0.2, 0.25) is 0 Å². The van der Waals surface area contributed by atoms with E-state index in [0.29, 0.717) is 34.6 Å². The van der Waals surface area contributed by atoms with E-state index in [-0.39, 0.29) is 23.4 Å². The number of hydrogen-bond acceptors (Lipinski definition) is 6. The Bertz CT molecular complexity index is 1450. The SMILES string of the molecule is CCN(c1ccccc1)c1nc(O)c(Cc2ccc(OCc3ccc(C(F)(F)F)cc3C(F)(F)F)c(OC)c2)s1. The van der Waals surface area contributed by atoms with Crippen LogP contribution in [0.3, 0.4) is 0 Å². The van der Waals surface area contributed by atoms with Gasteiger partial charge in [0, 0.05) is 24.2 Å². The highest BCUT2D eigenvalue weighted by molar-refractivity contribution is 7.16. The molecular weight excluding hydrogens is 558 g/mol. The van der Waals surface area contributed by atoms with Gasteiger partial charge in [0.2, 0.25) is 5.88 Å². The summed E-state index contributed by atoms with van der Waals surface area (Å²) in [4.78, 5) is 6.87. The standard InChI is InChI=1S/C28H24F6N2O3S/c1-3-36(20-7-5-4-6-8-20)26-35-25(37)24(40-26)14-17-9-12-22(23(13-17)38-2)39-16-18-10-11-19(27(29,30)31)15-21(18)28(32,33)34/h4-13,15,37H,3,14,16H2,1-2H3. The number of ether oxygens (including phenoxy) is 2. The minimum Gasteiger partial charge on any atom is -0.493 e. The minimum atomic E-state index is -5.00. The van der Waals surface area contributed by atoms with E-state index in [1.54, 1.807) is 12.1 Å². The molecule has 0 aliphatic heterocycles. The van der Waals surface area contributed by atoms with E-state index in [2.05, 4.69) is 4.98 Å². The molecule has 40 heavy (non-hydrogen) atoms. The van der Waals surface area contributed by atoms with E-state index in [1.165, 1.54) is 24.5 Å². The summed E-state index contributed by atoms with van der Waals surface area (Å²) in [6.07, 6.45) is -9.62. The molecular formula is C28H24F6N2O3S. The van der Waals surface area contributed by atoms with E-state index in [9.17, 15) is 31.4 Å². The third kappa shape index (κ3) is 6.61. The molecule has 0 unspecified atom stereocenters. The minimum absolute atomic E-state index is 0.0757. The summed E-state index contributed by atoms with van der Waals surface area (Å²) in [5.41, 5.74) is -1.64. The number of rotatable bonds is 9. The second-order valence-electron chi connectivity index (χ2n) is 8.64. The largest absolute Gasteiger partial charge is 0.493 e. The topological polar surface area (TPSA) is 54.8 Å². The quantitative estimate of drug-likeness (QED) is 0.202. The van der Waals surface area contributed by atoms with Crippen LogP contribution in [-0.4, -0.2) is 23.7 Å². The Morgan fingerprint density at radius 3 is 2.25 bits per heavy atom. The summed E-state index contributed by atoms with van der Waals surface area (Å²) >= 11 is 1.32. The fraction of sp³-hybridized carbons (Fsp3) is 0.250. The fourth-order valence-electron chi connectivity index (χ4n) is 4.02. The Labute approximate surface area is 230 Å². The average molecular weight is 583 g/mol. The lowest BCUT2D eigenvalue weighted by atomic mass is 10.0. The van der Waals surface area contributed by atoms with Gasteiger partial charge in [0.1, 0.15) is 6.61 Å². The highest BCUT2D eigenvalue weighted by Gasteiger charge is 2.38. The van der Waals surface area contributed by atoms with Crippen LogP contribution >= 0.6 is 11.3 Å². The molecule has 4 aromatic rings. The van der Waals surface area contributed by atoms with Gasteiger partial charge in [-0.25, -0.2) is 0 Å². The van der Waals surface area contributed by atoms with Gasteiger partial charge in [0.15, 0.2) is 16.6 Å². The molecule has 0 aliphatic carbocycles. The van der Waals surface area contributed by atoms with Crippen LogP contribution in [-0.2, 0) is 25.4 Å². The van der Waals surface area contributed by atoms with Gasteiger partial charge in [-0.1, -0.05) is 41.7 Å². The van der Waals surface area contributed by atoms with E-state index >= 15 is 0 Å². The number of thiazole rings is 1. The number of alkyl halides is 6. The first kappa shape index (κ1) is 29.1. The molecule has 5 nitrogen and oxygen atoms in total. The molecule has 0 atom stereocenters. The zero-order valence-electron chi connectivity index (χ0n) is 21.3. The van der Waals surface area contributed by atoms with Crippen molar-refractivity contribution < 1.29 is 40.9 Å². The smallest absolute Gasteiger partial charge is 0.416 e. The molecule has 0 spiro atoms. The lowest BCUT2D eigenvalue weighted by Crippen LogP contribution is -2.15. The Hall–Kier alpha value is -3.93. The third-order valence-electron chi connectivity index (χ3n) is 6.00. The number of para-hydroxylation sites is 1. The van der Waals surface area contributed by atoms with Crippen molar-refractivity contribution in [3.63, 3.8) is 0 Å². The molecule has 0 amide bonds. The van der Waals surface area contributed by atoms with Gasteiger partial charge in [-0.3, -0.25) is 0 Å². The molecule has 4 rings (SSSR count). The van der Waals surface area contributed by atoms with Crippen molar-refractivity contribution in [3.05, 3.63) is 93.9 Å². The number of methoxy groups -OCH3 is 1. The Balaban J connectivity index is 1.53. The lowest BCUT2D eigenvalue weighted by molar-refractivity contribution is -0.143. The second-order valence-corrected chi connectivity index (χ2v) is 9.70. The van der Waals surface area contributed by atoms with Crippen LogP contribution in [0.15, 0.2) is 66.7 Å².